The lowest BCUT2D eigenvalue weighted by molar-refractivity contribution is 0.0784. The van der Waals surface area contributed by atoms with Crippen molar-refractivity contribution in [3.05, 3.63) is 58.9 Å². The first-order chi connectivity index (χ1) is 13.8. The fraction of sp³-hybridized carbons (Fsp3) is 0.409. The van der Waals surface area contributed by atoms with Gasteiger partial charge in [-0.3, -0.25) is 4.79 Å². The van der Waals surface area contributed by atoms with Gasteiger partial charge >= 0.3 is 0 Å². The molecular weight excluding hydrogens is 368 g/mol. The Morgan fingerprint density at radius 3 is 2.52 bits per heavy atom. The first-order valence-electron chi connectivity index (χ1n) is 9.86. The van der Waals surface area contributed by atoms with Crippen LogP contribution in [0.15, 0.2) is 36.4 Å². The largest absolute Gasteiger partial charge is 0.386 e. The zero-order valence-corrected chi connectivity index (χ0v) is 17.1. The monoisotopic (exact) mass is 394 g/mol. The highest BCUT2D eigenvalue weighted by Gasteiger charge is 2.20. The molecule has 7 nitrogen and oxygen atoms in total. The molecule has 29 heavy (non-hydrogen) atoms. The number of rotatable bonds is 5. The molecule has 1 aliphatic heterocycles. The minimum absolute atomic E-state index is 0.00619. The molecule has 0 radical (unpaired) electrons. The van der Waals surface area contributed by atoms with E-state index < -0.39 is 5.60 Å². The molecule has 0 aliphatic carbocycles. The topological polar surface area (TPSA) is 80.0 Å². The van der Waals surface area contributed by atoms with Crippen LogP contribution in [0, 0.1) is 6.92 Å². The molecule has 0 bridgehead atoms. The molecule has 1 saturated heterocycles. The fourth-order valence-corrected chi connectivity index (χ4v) is 3.56. The maximum Gasteiger partial charge on any atom is 0.168 e. The van der Waals surface area contributed by atoms with Crippen LogP contribution in [0.25, 0.3) is 5.65 Å². The molecule has 0 atom stereocenters. The third-order valence-electron chi connectivity index (χ3n) is 5.17. The number of carbonyl (C=O) groups excluding carboxylic acids is 1. The number of aryl methyl sites for hydroxylation is 1. The maximum absolute atomic E-state index is 12.8. The highest BCUT2D eigenvalue weighted by molar-refractivity contribution is 5.97. The molecular formula is C22H26N4O3. The Bertz CT molecular complexity index is 1030. The standard InChI is InChI=1S/C22H26N4O3/c1-15-12-20-23-18(14-21(26(20)24-15)25-8-10-29-11-9-25)13-19(27)16-4-6-17(7-5-16)22(2,3)28/h4-7,12,14,28H,8-11,13H2,1-3H3. The first kappa shape index (κ1) is 19.5. The van der Waals surface area contributed by atoms with E-state index in [0.29, 0.717) is 18.8 Å². The number of fused-ring (bicyclic) bond motifs is 1. The van der Waals surface area contributed by atoms with Gasteiger partial charge in [0.25, 0.3) is 0 Å². The van der Waals surface area contributed by atoms with Gasteiger partial charge in [0.05, 0.1) is 36.6 Å². The van der Waals surface area contributed by atoms with E-state index >= 15 is 0 Å². The zero-order valence-electron chi connectivity index (χ0n) is 17.1. The molecule has 1 aromatic carbocycles. The molecule has 4 rings (SSSR count). The maximum atomic E-state index is 12.8. The number of hydrogen-bond donors (Lipinski definition) is 1. The summed E-state index contributed by atoms with van der Waals surface area (Å²) in [7, 11) is 0. The van der Waals surface area contributed by atoms with E-state index in [1.165, 1.54) is 0 Å². The zero-order chi connectivity index (χ0) is 20.6. The molecule has 2 aromatic heterocycles. The summed E-state index contributed by atoms with van der Waals surface area (Å²) in [5, 5.41) is 14.7. The summed E-state index contributed by atoms with van der Waals surface area (Å²) in [5.41, 5.74) is 2.80. The van der Waals surface area contributed by atoms with Crippen LogP contribution in [-0.2, 0) is 16.8 Å². The summed E-state index contributed by atoms with van der Waals surface area (Å²) >= 11 is 0. The second-order valence-corrected chi connectivity index (χ2v) is 8.00. The molecule has 152 valence electrons. The number of ketones is 1. The molecule has 3 aromatic rings. The SMILES string of the molecule is Cc1cc2nc(CC(=O)c3ccc(C(C)(C)O)cc3)cc(N3CCOCC3)n2n1. The quantitative estimate of drug-likeness (QED) is 0.670. The summed E-state index contributed by atoms with van der Waals surface area (Å²) in [5.74, 6) is 0.930. The van der Waals surface area contributed by atoms with Crippen molar-refractivity contribution in [2.45, 2.75) is 32.8 Å². The van der Waals surface area contributed by atoms with Crippen molar-refractivity contribution in [2.75, 3.05) is 31.2 Å². The third kappa shape index (κ3) is 4.16. The van der Waals surface area contributed by atoms with Crippen molar-refractivity contribution in [1.82, 2.24) is 14.6 Å². The number of carbonyl (C=O) groups is 1. The van der Waals surface area contributed by atoms with Crippen LogP contribution in [-0.4, -0.2) is 51.8 Å². The predicted octanol–water partition coefficient (Wildman–Crippen LogP) is 2.53. The van der Waals surface area contributed by atoms with Gasteiger partial charge < -0.3 is 14.7 Å². The Labute approximate surface area is 169 Å². The number of benzene rings is 1. The van der Waals surface area contributed by atoms with Gasteiger partial charge in [-0.2, -0.15) is 9.61 Å². The van der Waals surface area contributed by atoms with Crippen molar-refractivity contribution < 1.29 is 14.6 Å². The number of aromatic nitrogens is 3. The average Bonchev–Trinajstić information content (AvgIpc) is 3.07. The molecule has 0 saturated carbocycles. The molecule has 7 heteroatoms. The van der Waals surface area contributed by atoms with E-state index in [-0.39, 0.29) is 12.2 Å². The lowest BCUT2D eigenvalue weighted by atomic mass is 9.96. The van der Waals surface area contributed by atoms with Gasteiger partial charge in [-0.25, -0.2) is 4.98 Å². The minimum Gasteiger partial charge on any atom is -0.386 e. The molecule has 0 amide bonds. The van der Waals surface area contributed by atoms with E-state index in [1.807, 2.05) is 23.6 Å². The summed E-state index contributed by atoms with van der Waals surface area (Å²) in [6.07, 6.45) is 0.208. The number of nitrogens with zero attached hydrogens (tertiary/aromatic N) is 4. The molecule has 3 heterocycles. The second-order valence-electron chi connectivity index (χ2n) is 8.00. The summed E-state index contributed by atoms with van der Waals surface area (Å²) in [6.45, 7) is 8.30. The Morgan fingerprint density at radius 2 is 1.86 bits per heavy atom. The minimum atomic E-state index is -0.929. The number of Topliss-reactive ketones (excluding diaryl/α,β-unsaturated/α-hetero) is 1. The van der Waals surface area contributed by atoms with Crippen molar-refractivity contribution in [2.24, 2.45) is 0 Å². The Kier molecular flexibility index (Phi) is 5.10. The van der Waals surface area contributed by atoms with Crippen LogP contribution in [0.5, 0.6) is 0 Å². The van der Waals surface area contributed by atoms with Crippen LogP contribution in [0.1, 0.15) is 41.2 Å². The molecule has 1 N–H and O–H groups in total. The van der Waals surface area contributed by atoms with E-state index in [9.17, 15) is 9.90 Å². The van der Waals surface area contributed by atoms with Gasteiger partial charge in [0.1, 0.15) is 5.82 Å². The van der Waals surface area contributed by atoms with E-state index in [1.54, 1.807) is 38.1 Å². The second kappa shape index (κ2) is 7.57. The van der Waals surface area contributed by atoms with Crippen LogP contribution in [0.4, 0.5) is 5.82 Å². The molecule has 1 fully saturated rings. The summed E-state index contributed by atoms with van der Waals surface area (Å²) < 4.78 is 7.31. The number of morpholine rings is 1. The summed E-state index contributed by atoms with van der Waals surface area (Å²) in [6, 6.07) is 11.0. The van der Waals surface area contributed by atoms with Crippen molar-refractivity contribution in [1.29, 1.82) is 0 Å². The van der Waals surface area contributed by atoms with Gasteiger partial charge in [0.15, 0.2) is 11.4 Å². The molecule has 0 spiro atoms. The van der Waals surface area contributed by atoms with Crippen molar-refractivity contribution in [3.8, 4) is 0 Å². The Morgan fingerprint density at radius 1 is 1.17 bits per heavy atom. The predicted molar refractivity (Wildman–Crippen MR) is 110 cm³/mol. The number of ether oxygens (including phenoxy) is 1. The average molecular weight is 394 g/mol. The number of hydrogen-bond acceptors (Lipinski definition) is 6. The number of aliphatic hydroxyl groups is 1. The molecule has 0 unspecified atom stereocenters. The van der Waals surface area contributed by atoms with Crippen LogP contribution < -0.4 is 4.90 Å². The smallest absolute Gasteiger partial charge is 0.168 e. The van der Waals surface area contributed by atoms with Crippen LogP contribution >= 0.6 is 0 Å². The van der Waals surface area contributed by atoms with Gasteiger partial charge in [-0.05, 0) is 26.3 Å². The fourth-order valence-electron chi connectivity index (χ4n) is 3.56. The summed E-state index contributed by atoms with van der Waals surface area (Å²) in [4.78, 5) is 19.7. The van der Waals surface area contributed by atoms with E-state index in [4.69, 9.17) is 4.74 Å². The van der Waals surface area contributed by atoms with Crippen LogP contribution in [0.2, 0.25) is 0 Å². The number of anilines is 1. The molecule has 1 aliphatic rings. The van der Waals surface area contributed by atoms with Gasteiger partial charge in [-0.15, -0.1) is 0 Å². The normalized spacial score (nSPS) is 15.1. The van der Waals surface area contributed by atoms with E-state index in [2.05, 4.69) is 15.0 Å². The lowest BCUT2D eigenvalue weighted by Crippen LogP contribution is -2.37. The highest BCUT2D eigenvalue weighted by Crippen LogP contribution is 2.22. The van der Waals surface area contributed by atoms with E-state index in [0.717, 1.165) is 41.5 Å². The van der Waals surface area contributed by atoms with Gasteiger partial charge in [0, 0.05) is 30.8 Å². The van der Waals surface area contributed by atoms with Gasteiger partial charge in [-0.1, -0.05) is 24.3 Å². The van der Waals surface area contributed by atoms with Crippen molar-refractivity contribution >= 4 is 17.2 Å². The third-order valence-corrected chi connectivity index (χ3v) is 5.17. The first-order valence-corrected chi connectivity index (χ1v) is 9.86. The Balaban J connectivity index is 1.62. The van der Waals surface area contributed by atoms with Crippen molar-refractivity contribution in [3.63, 3.8) is 0 Å². The lowest BCUT2D eigenvalue weighted by Gasteiger charge is -2.29. The van der Waals surface area contributed by atoms with Gasteiger partial charge in [0.2, 0.25) is 0 Å². The highest BCUT2D eigenvalue weighted by atomic mass is 16.5. The van der Waals surface area contributed by atoms with Crippen LogP contribution in [0.3, 0.4) is 0 Å². The Hall–Kier alpha value is -2.77.